The summed E-state index contributed by atoms with van der Waals surface area (Å²) in [4.78, 5) is 30.5. The van der Waals surface area contributed by atoms with Gasteiger partial charge in [-0.3, -0.25) is 9.59 Å². The third kappa shape index (κ3) is 2.34. The average molecular weight is 366 g/mol. The number of carbonyl (C=O) groups excluding carboxylic acids is 2. The Morgan fingerprint density at radius 2 is 1.96 bits per heavy atom. The van der Waals surface area contributed by atoms with Crippen LogP contribution in [-0.4, -0.2) is 51.9 Å². The molecule has 5 nitrogen and oxygen atoms in total. The number of likely N-dealkylation sites (tertiary alicyclic amines) is 1. The molecule has 2 saturated heterocycles. The van der Waals surface area contributed by atoms with Gasteiger partial charge < -0.3 is 14.5 Å². The van der Waals surface area contributed by atoms with Crippen LogP contribution in [0.1, 0.15) is 31.9 Å². The molecule has 0 saturated carbocycles. The lowest BCUT2D eigenvalue weighted by Crippen LogP contribution is -2.48. The van der Waals surface area contributed by atoms with Crippen molar-refractivity contribution in [1.82, 2.24) is 9.80 Å². The molecule has 1 aromatic rings. The summed E-state index contributed by atoms with van der Waals surface area (Å²) in [6, 6.07) is 8.30. The molecule has 4 atom stereocenters. The van der Waals surface area contributed by atoms with E-state index >= 15 is 0 Å². The van der Waals surface area contributed by atoms with Crippen LogP contribution >= 0.6 is 0 Å². The number of fused-ring (bicyclic) bond motifs is 2. The minimum atomic E-state index is -0.622. The molecule has 4 aliphatic rings. The van der Waals surface area contributed by atoms with Gasteiger partial charge in [-0.25, -0.2) is 0 Å². The number of carbonyl (C=O) groups is 2. The van der Waals surface area contributed by atoms with Gasteiger partial charge in [0.05, 0.1) is 24.5 Å². The molecule has 4 heterocycles. The first-order valence-corrected chi connectivity index (χ1v) is 9.84. The molecular formula is C22H26N2O3. The zero-order chi connectivity index (χ0) is 19.0. The van der Waals surface area contributed by atoms with Gasteiger partial charge >= 0.3 is 0 Å². The topological polar surface area (TPSA) is 49.9 Å². The van der Waals surface area contributed by atoms with Gasteiger partial charge in [-0.15, -0.1) is 0 Å². The van der Waals surface area contributed by atoms with Crippen molar-refractivity contribution in [3.05, 3.63) is 47.5 Å². The van der Waals surface area contributed by atoms with Crippen LogP contribution in [0.25, 0.3) is 0 Å². The Morgan fingerprint density at radius 1 is 1.22 bits per heavy atom. The van der Waals surface area contributed by atoms with Crippen LogP contribution in [0.2, 0.25) is 0 Å². The van der Waals surface area contributed by atoms with Crippen molar-refractivity contribution in [2.24, 2.45) is 11.8 Å². The molecule has 0 aliphatic carbocycles. The maximum absolute atomic E-state index is 13.5. The lowest BCUT2D eigenvalue weighted by atomic mass is 9.76. The highest BCUT2D eigenvalue weighted by Crippen LogP contribution is 2.53. The smallest absolute Gasteiger partial charge is 0.230 e. The molecular weight excluding hydrogens is 340 g/mol. The third-order valence-corrected chi connectivity index (χ3v) is 6.64. The Hall–Kier alpha value is -2.14. The number of benzene rings is 1. The molecule has 142 valence electrons. The first-order valence-electron chi connectivity index (χ1n) is 9.84. The molecule has 5 heteroatoms. The Morgan fingerprint density at radius 3 is 2.70 bits per heavy atom. The fraction of sp³-hybridized carbons (Fsp3) is 0.545. The van der Waals surface area contributed by atoms with Crippen molar-refractivity contribution in [1.29, 1.82) is 0 Å². The number of rotatable bonds is 1. The fourth-order valence-corrected chi connectivity index (χ4v) is 5.24. The Balaban J connectivity index is 1.44. The summed E-state index contributed by atoms with van der Waals surface area (Å²) in [5, 5.41) is 0. The van der Waals surface area contributed by atoms with Crippen LogP contribution in [0.4, 0.5) is 0 Å². The van der Waals surface area contributed by atoms with Crippen molar-refractivity contribution < 1.29 is 14.3 Å². The third-order valence-electron chi connectivity index (χ3n) is 6.64. The Bertz CT molecular complexity index is 855. The summed E-state index contributed by atoms with van der Waals surface area (Å²) >= 11 is 0. The predicted molar refractivity (Wildman–Crippen MR) is 101 cm³/mol. The van der Waals surface area contributed by atoms with Gasteiger partial charge in [0.15, 0.2) is 0 Å². The van der Waals surface area contributed by atoms with E-state index in [0.29, 0.717) is 19.6 Å². The highest BCUT2D eigenvalue weighted by Gasteiger charge is 2.68. The van der Waals surface area contributed by atoms with Crippen molar-refractivity contribution in [3.8, 4) is 0 Å². The van der Waals surface area contributed by atoms with E-state index in [1.165, 1.54) is 11.1 Å². The number of ether oxygens (including phenoxy) is 1. The van der Waals surface area contributed by atoms with Crippen molar-refractivity contribution in [3.63, 3.8) is 0 Å². The van der Waals surface area contributed by atoms with Crippen LogP contribution in [0, 0.1) is 11.8 Å². The summed E-state index contributed by atoms with van der Waals surface area (Å²) in [6.07, 6.45) is 4.62. The molecule has 2 fully saturated rings. The largest absolute Gasteiger partial charge is 0.360 e. The number of hydrogen-bond acceptors (Lipinski definition) is 3. The number of nitrogens with zero attached hydrogens (tertiary/aromatic N) is 2. The molecule has 5 rings (SSSR count). The van der Waals surface area contributed by atoms with Gasteiger partial charge in [0.2, 0.25) is 11.8 Å². The lowest BCUT2D eigenvalue weighted by molar-refractivity contribution is -0.145. The van der Waals surface area contributed by atoms with Gasteiger partial charge in [-0.05, 0) is 38.3 Å². The van der Waals surface area contributed by atoms with E-state index in [2.05, 4.69) is 12.1 Å². The van der Waals surface area contributed by atoms with E-state index in [1.54, 1.807) is 0 Å². The van der Waals surface area contributed by atoms with Crippen molar-refractivity contribution in [2.75, 3.05) is 13.1 Å². The quantitative estimate of drug-likeness (QED) is 0.716. The number of amides is 2. The molecule has 0 unspecified atom stereocenters. The average Bonchev–Trinajstić information content (AvgIpc) is 3.28. The summed E-state index contributed by atoms with van der Waals surface area (Å²) in [5.74, 6) is -0.670. The molecule has 27 heavy (non-hydrogen) atoms. The highest BCUT2D eigenvalue weighted by atomic mass is 16.5. The molecule has 0 radical (unpaired) electrons. The van der Waals surface area contributed by atoms with Crippen molar-refractivity contribution in [2.45, 2.75) is 51.0 Å². The molecule has 4 aliphatic heterocycles. The second-order valence-corrected chi connectivity index (χ2v) is 9.27. The minimum absolute atomic E-state index is 0.0603. The van der Waals surface area contributed by atoms with Crippen LogP contribution in [0.3, 0.4) is 0 Å². The predicted octanol–water partition coefficient (Wildman–Crippen LogP) is 2.15. The maximum atomic E-state index is 13.5. The van der Waals surface area contributed by atoms with Crippen LogP contribution < -0.4 is 0 Å². The van der Waals surface area contributed by atoms with E-state index < -0.39 is 17.4 Å². The summed E-state index contributed by atoms with van der Waals surface area (Å²) in [7, 11) is 0. The van der Waals surface area contributed by atoms with E-state index in [-0.39, 0.29) is 23.5 Å². The summed E-state index contributed by atoms with van der Waals surface area (Å²) in [5.41, 5.74) is 1.63. The van der Waals surface area contributed by atoms with Crippen LogP contribution in [-0.2, 0) is 27.3 Å². The maximum Gasteiger partial charge on any atom is 0.230 e. The standard InChI is InChI=1S/C22H26N2O3/c1-21(2,3)24-13-22-10-8-16(27-22)17(18(22)20(24)26)19(25)23-11-9-14-6-4-5-7-15(14)12-23/h4-8,10,16-18H,9,11-13H2,1-3H3/t16-,17+,18+,22-/m0/s1. The molecule has 0 N–H and O–H groups in total. The van der Waals surface area contributed by atoms with Gasteiger partial charge in [-0.2, -0.15) is 0 Å². The molecule has 1 aromatic carbocycles. The first-order chi connectivity index (χ1) is 12.8. The minimum Gasteiger partial charge on any atom is -0.360 e. The molecule has 2 bridgehead atoms. The lowest BCUT2D eigenvalue weighted by Gasteiger charge is -2.35. The van der Waals surface area contributed by atoms with Gasteiger partial charge in [0.1, 0.15) is 5.60 Å². The number of hydrogen-bond donors (Lipinski definition) is 0. The van der Waals surface area contributed by atoms with E-state index in [0.717, 1.165) is 6.42 Å². The summed E-state index contributed by atoms with van der Waals surface area (Å²) in [6.45, 7) is 7.99. The highest BCUT2D eigenvalue weighted by molar-refractivity contribution is 5.93. The second kappa shape index (κ2) is 5.44. The van der Waals surface area contributed by atoms with E-state index in [4.69, 9.17) is 4.74 Å². The molecule has 2 amide bonds. The van der Waals surface area contributed by atoms with Gasteiger partial charge in [0.25, 0.3) is 0 Å². The second-order valence-electron chi connectivity index (χ2n) is 9.27. The first kappa shape index (κ1) is 17.0. The van der Waals surface area contributed by atoms with Gasteiger partial charge in [-0.1, -0.05) is 36.4 Å². The van der Waals surface area contributed by atoms with Gasteiger partial charge in [0, 0.05) is 18.6 Å². The SMILES string of the molecule is CC(C)(C)N1C[C@]23C=C[C@H](O2)[C@@H](C(=O)N2CCc4ccccc4C2)[C@@H]3C1=O. The molecule has 1 spiro atoms. The fourth-order valence-electron chi connectivity index (χ4n) is 5.24. The monoisotopic (exact) mass is 366 g/mol. The zero-order valence-corrected chi connectivity index (χ0v) is 16.1. The zero-order valence-electron chi connectivity index (χ0n) is 16.1. The van der Waals surface area contributed by atoms with E-state index in [1.807, 2.05) is 54.9 Å². The normalized spacial score (nSPS) is 34.2. The van der Waals surface area contributed by atoms with E-state index in [9.17, 15) is 9.59 Å². The van der Waals surface area contributed by atoms with Crippen LogP contribution in [0.5, 0.6) is 0 Å². The van der Waals surface area contributed by atoms with Crippen LogP contribution in [0.15, 0.2) is 36.4 Å². The summed E-state index contributed by atoms with van der Waals surface area (Å²) < 4.78 is 6.25. The molecule has 0 aromatic heterocycles. The van der Waals surface area contributed by atoms with Crippen molar-refractivity contribution >= 4 is 11.8 Å². The Kier molecular flexibility index (Phi) is 3.43. The Labute approximate surface area is 160 Å².